The molecule has 3 fully saturated rings. The second-order valence-electron chi connectivity index (χ2n) is 3.84. The van der Waals surface area contributed by atoms with Crippen molar-refractivity contribution >= 4 is 5.97 Å². The molecule has 3 rings (SSSR count). The fourth-order valence-corrected chi connectivity index (χ4v) is 2.43. The summed E-state index contributed by atoms with van der Waals surface area (Å²) >= 11 is 0. The standard InChI is InChI=1S/C8H13NO2/c9-7-4-1-5(7)3-6(2-4)8(10)11/h4-7H,1-3,9H2,(H,10,11)/t4-,5+,6?,7?. The fourth-order valence-electron chi connectivity index (χ4n) is 2.43. The van der Waals surface area contributed by atoms with Crippen molar-refractivity contribution < 1.29 is 9.90 Å². The lowest BCUT2D eigenvalue weighted by atomic mass is 9.58. The van der Waals surface area contributed by atoms with Crippen LogP contribution in [0.5, 0.6) is 0 Å². The van der Waals surface area contributed by atoms with Crippen molar-refractivity contribution in [2.75, 3.05) is 0 Å². The Balaban J connectivity index is 1.99. The molecular weight excluding hydrogens is 142 g/mol. The quantitative estimate of drug-likeness (QED) is 0.577. The largest absolute Gasteiger partial charge is 0.481 e. The van der Waals surface area contributed by atoms with Crippen molar-refractivity contribution in [3.63, 3.8) is 0 Å². The first-order valence-corrected chi connectivity index (χ1v) is 4.17. The number of fused-ring (bicyclic) bond motifs is 2. The first-order chi connectivity index (χ1) is 5.18. The van der Waals surface area contributed by atoms with Crippen molar-refractivity contribution in [3.05, 3.63) is 0 Å². The van der Waals surface area contributed by atoms with Gasteiger partial charge in [-0.25, -0.2) is 0 Å². The Bertz CT molecular complexity index is 181. The van der Waals surface area contributed by atoms with Gasteiger partial charge in [0.05, 0.1) is 5.92 Å². The number of hydrogen-bond donors (Lipinski definition) is 2. The van der Waals surface area contributed by atoms with Gasteiger partial charge in [0, 0.05) is 6.04 Å². The molecule has 3 aliphatic rings. The molecule has 0 aliphatic heterocycles. The lowest BCUT2D eigenvalue weighted by Gasteiger charge is -2.49. The van der Waals surface area contributed by atoms with E-state index in [-0.39, 0.29) is 5.92 Å². The van der Waals surface area contributed by atoms with Crippen LogP contribution in [0.2, 0.25) is 0 Å². The molecule has 0 aromatic heterocycles. The molecule has 0 spiro atoms. The molecule has 3 nitrogen and oxygen atoms in total. The summed E-state index contributed by atoms with van der Waals surface area (Å²) < 4.78 is 0. The lowest BCUT2D eigenvalue weighted by Crippen LogP contribution is -2.54. The maximum absolute atomic E-state index is 10.6. The molecule has 3 saturated carbocycles. The fraction of sp³-hybridized carbons (Fsp3) is 0.875. The molecule has 11 heavy (non-hydrogen) atoms. The Hall–Kier alpha value is -0.570. The topological polar surface area (TPSA) is 63.3 Å². The van der Waals surface area contributed by atoms with Crippen molar-refractivity contribution in [1.29, 1.82) is 0 Å². The minimum Gasteiger partial charge on any atom is -0.481 e. The average Bonchev–Trinajstić information content (AvgIpc) is 2.03. The highest BCUT2D eigenvalue weighted by molar-refractivity contribution is 5.70. The van der Waals surface area contributed by atoms with Gasteiger partial charge in [-0.2, -0.15) is 0 Å². The van der Waals surface area contributed by atoms with E-state index in [0.717, 1.165) is 12.8 Å². The molecule has 0 heterocycles. The Morgan fingerprint density at radius 1 is 1.27 bits per heavy atom. The normalized spacial score (nSPS) is 48.1. The van der Waals surface area contributed by atoms with Crippen molar-refractivity contribution in [2.45, 2.75) is 25.3 Å². The van der Waals surface area contributed by atoms with Crippen LogP contribution >= 0.6 is 0 Å². The summed E-state index contributed by atoms with van der Waals surface area (Å²) in [7, 11) is 0. The van der Waals surface area contributed by atoms with E-state index in [1.165, 1.54) is 6.42 Å². The second kappa shape index (κ2) is 2.21. The van der Waals surface area contributed by atoms with Crippen LogP contribution in [0.25, 0.3) is 0 Å². The SMILES string of the molecule is NC1[C@@H]2CC(C(=O)O)C[C@H]1C2. The van der Waals surface area contributed by atoms with Crippen molar-refractivity contribution in [1.82, 2.24) is 0 Å². The van der Waals surface area contributed by atoms with Gasteiger partial charge >= 0.3 is 5.97 Å². The van der Waals surface area contributed by atoms with Gasteiger partial charge in [-0.05, 0) is 31.1 Å². The Morgan fingerprint density at radius 2 is 1.82 bits per heavy atom. The molecule has 2 bridgehead atoms. The van der Waals surface area contributed by atoms with Gasteiger partial charge in [-0.15, -0.1) is 0 Å². The molecule has 3 aliphatic carbocycles. The molecular formula is C8H13NO2. The van der Waals surface area contributed by atoms with Crippen molar-refractivity contribution in [2.24, 2.45) is 23.5 Å². The van der Waals surface area contributed by atoms with E-state index in [9.17, 15) is 4.79 Å². The number of carboxylic acids is 1. The van der Waals surface area contributed by atoms with Crippen LogP contribution in [-0.4, -0.2) is 17.1 Å². The average molecular weight is 155 g/mol. The third-order valence-corrected chi connectivity index (χ3v) is 3.22. The molecule has 3 heteroatoms. The first kappa shape index (κ1) is 7.10. The number of aliphatic carboxylic acids is 1. The Morgan fingerprint density at radius 3 is 2.18 bits per heavy atom. The maximum Gasteiger partial charge on any atom is 0.306 e. The van der Waals surface area contributed by atoms with E-state index < -0.39 is 5.97 Å². The second-order valence-corrected chi connectivity index (χ2v) is 3.84. The van der Waals surface area contributed by atoms with Gasteiger partial charge in [0.2, 0.25) is 0 Å². The predicted octanol–water partition coefficient (Wildman–Crippen LogP) is 0.444. The van der Waals surface area contributed by atoms with E-state index >= 15 is 0 Å². The van der Waals surface area contributed by atoms with Crippen LogP contribution in [0.4, 0.5) is 0 Å². The van der Waals surface area contributed by atoms with Gasteiger partial charge in [-0.1, -0.05) is 0 Å². The molecule has 0 radical (unpaired) electrons. The van der Waals surface area contributed by atoms with Gasteiger partial charge in [-0.3, -0.25) is 4.79 Å². The molecule has 0 saturated heterocycles. The Kier molecular flexibility index (Phi) is 1.42. The summed E-state index contributed by atoms with van der Waals surface area (Å²) in [4.78, 5) is 10.6. The summed E-state index contributed by atoms with van der Waals surface area (Å²) in [6.45, 7) is 0. The summed E-state index contributed by atoms with van der Waals surface area (Å²) in [5, 5.41) is 8.72. The van der Waals surface area contributed by atoms with E-state index in [1.54, 1.807) is 0 Å². The predicted molar refractivity (Wildman–Crippen MR) is 39.9 cm³/mol. The first-order valence-electron chi connectivity index (χ1n) is 4.17. The third kappa shape index (κ3) is 0.948. The summed E-state index contributed by atoms with van der Waals surface area (Å²) in [6, 6.07) is 0.311. The van der Waals surface area contributed by atoms with Gasteiger partial charge < -0.3 is 10.8 Å². The van der Waals surface area contributed by atoms with E-state index in [1.807, 2.05) is 0 Å². The highest BCUT2D eigenvalue weighted by Gasteiger charge is 2.46. The monoisotopic (exact) mass is 155 g/mol. The minimum atomic E-state index is -0.633. The van der Waals surface area contributed by atoms with Crippen LogP contribution in [0.15, 0.2) is 0 Å². The zero-order valence-corrected chi connectivity index (χ0v) is 6.36. The highest BCUT2D eigenvalue weighted by atomic mass is 16.4. The van der Waals surface area contributed by atoms with Gasteiger partial charge in [0.15, 0.2) is 0 Å². The number of hydrogen-bond acceptors (Lipinski definition) is 2. The number of carbonyl (C=O) groups is 1. The van der Waals surface area contributed by atoms with E-state index in [0.29, 0.717) is 17.9 Å². The molecule has 2 unspecified atom stereocenters. The van der Waals surface area contributed by atoms with Crippen LogP contribution in [0, 0.1) is 17.8 Å². The van der Waals surface area contributed by atoms with Crippen LogP contribution in [0.3, 0.4) is 0 Å². The van der Waals surface area contributed by atoms with Crippen molar-refractivity contribution in [3.8, 4) is 0 Å². The zero-order chi connectivity index (χ0) is 8.01. The number of nitrogens with two attached hydrogens (primary N) is 1. The zero-order valence-electron chi connectivity index (χ0n) is 6.36. The Labute approximate surface area is 65.6 Å². The van der Waals surface area contributed by atoms with E-state index in [2.05, 4.69) is 0 Å². The number of carboxylic acid groups (broad SMARTS) is 1. The highest BCUT2D eigenvalue weighted by Crippen LogP contribution is 2.47. The van der Waals surface area contributed by atoms with Gasteiger partial charge in [0.25, 0.3) is 0 Å². The van der Waals surface area contributed by atoms with E-state index in [4.69, 9.17) is 10.8 Å². The molecule has 0 amide bonds. The van der Waals surface area contributed by atoms with Crippen LogP contribution in [0.1, 0.15) is 19.3 Å². The molecule has 62 valence electrons. The lowest BCUT2D eigenvalue weighted by molar-refractivity contribution is -0.147. The smallest absolute Gasteiger partial charge is 0.306 e. The molecule has 3 N–H and O–H groups in total. The molecule has 4 atom stereocenters. The minimum absolute atomic E-state index is 0.0986. The summed E-state index contributed by atoms with van der Waals surface area (Å²) in [5.41, 5.74) is 5.80. The summed E-state index contributed by atoms with van der Waals surface area (Å²) in [5.74, 6) is 0.287. The third-order valence-electron chi connectivity index (χ3n) is 3.22. The van der Waals surface area contributed by atoms with Crippen LogP contribution in [-0.2, 0) is 4.79 Å². The van der Waals surface area contributed by atoms with Gasteiger partial charge in [0.1, 0.15) is 0 Å². The maximum atomic E-state index is 10.6. The molecule has 0 aromatic carbocycles. The summed E-state index contributed by atoms with van der Waals surface area (Å²) in [6.07, 6.45) is 2.80. The van der Waals surface area contributed by atoms with Crippen LogP contribution < -0.4 is 5.73 Å². The number of rotatable bonds is 1. The molecule has 0 aromatic rings.